The number of rotatable bonds is 6. The lowest BCUT2D eigenvalue weighted by Gasteiger charge is -2.14. The first-order chi connectivity index (χ1) is 14.7. The van der Waals surface area contributed by atoms with Gasteiger partial charge in [-0.3, -0.25) is 0 Å². The molecule has 152 valence electrons. The maximum Gasteiger partial charge on any atom is 0.407 e. The third-order valence-corrected chi connectivity index (χ3v) is 5.56. The van der Waals surface area contributed by atoms with Crippen LogP contribution in [-0.2, 0) is 11.3 Å². The van der Waals surface area contributed by atoms with Crippen molar-refractivity contribution < 1.29 is 14.6 Å². The average Bonchev–Trinajstić information content (AvgIpc) is 3.09. The topological polar surface area (TPSA) is 58.6 Å². The molecule has 0 heterocycles. The van der Waals surface area contributed by atoms with Crippen LogP contribution in [-0.4, -0.2) is 24.4 Å². The molecule has 0 unspecified atom stereocenters. The predicted molar refractivity (Wildman–Crippen MR) is 119 cm³/mol. The average molecular weight is 399 g/mol. The van der Waals surface area contributed by atoms with Crippen molar-refractivity contribution in [2.75, 3.05) is 13.2 Å². The summed E-state index contributed by atoms with van der Waals surface area (Å²) in [5.41, 5.74) is 7.83. The number of hydrogen-bond acceptors (Lipinski definition) is 3. The van der Waals surface area contributed by atoms with E-state index in [2.05, 4.69) is 29.6 Å². The molecule has 4 nitrogen and oxygen atoms in total. The Balaban J connectivity index is 1.32. The van der Waals surface area contributed by atoms with Gasteiger partial charge in [0.05, 0.1) is 6.61 Å². The van der Waals surface area contributed by atoms with Crippen LogP contribution in [0.2, 0.25) is 0 Å². The number of amides is 1. The van der Waals surface area contributed by atoms with Gasteiger partial charge in [-0.2, -0.15) is 0 Å². The molecule has 4 rings (SSSR count). The van der Waals surface area contributed by atoms with Gasteiger partial charge in [0.15, 0.2) is 0 Å². The molecule has 0 radical (unpaired) electrons. The van der Waals surface area contributed by atoms with Crippen molar-refractivity contribution in [1.82, 2.24) is 5.32 Å². The summed E-state index contributed by atoms with van der Waals surface area (Å²) in [4.78, 5) is 12.2. The molecule has 0 aromatic heterocycles. The van der Waals surface area contributed by atoms with Crippen LogP contribution < -0.4 is 5.32 Å². The smallest absolute Gasteiger partial charge is 0.407 e. The minimum atomic E-state index is -0.423. The predicted octanol–water partition coefficient (Wildman–Crippen LogP) is 5.04. The molecule has 0 aliphatic heterocycles. The highest BCUT2D eigenvalue weighted by Crippen LogP contribution is 2.44. The quantitative estimate of drug-likeness (QED) is 0.611. The Hall–Kier alpha value is -3.37. The zero-order valence-corrected chi connectivity index (χ0v) is 17.0. The number of carbonyl (C=O) groups is 1. The SMILES string of the molecule is Cc1cc(C=CCNC(=O)OCC2c3ccccc3-c3ccccc32)ccc1CO. The molecule has 1 amide bonds. The largest absolute Gasteiger partial charge is 0.449 e. The van der Waals surface area contributed by atoms with Crippen LogP contribution in [0.1, 0.15) is 33.7 Å². The molecule has 0 atom stereocenters. The Morgan fingerprint density at radius 3 is 2.33 bits per heavy atom. The number of carbonyl (C=O) groups excluding carboxylic acids is 1. The lowest BCUT2D eigenvalue weighted by Crippen LogP contribution is -2.26. The Labute approximate surface area is 176 Å². The minimum absolute atomic E-state index is 0.0408. The van der Waals surface area contributed by atoms with E-state index in [9.17, 15) is 9.90 Å². The summed E-state index contributed by atoms with van der Waals surface area (Å²) in [5.74, 6) is 0.0618. The van der Waals surface area contributed by atoms with Crippen LogP contribution in [0.25, 0.3) is 17.2 Å². The summed E-state index contributed by atoms with van der Waals surface area (Å²) in [6.07, 6.45) is 3.40. The van der Waals surface area contributed by atoms with Gasteiger partial charge in [0.1, 0.15) is 6.61 Å². The van der Waals surface area contributed by atoms with Gasteiger partial charge in [0, 0.05) is 12.5 Å². The van der Waals surface area contributed by atoms with E-state index >= 15 is 0 Å². The first-order valence-electron chi connectivity index (χ1n) is 10.1. The van der Waals surface area contributed by atoms with Crippen molar-refractivity contribution in [3.05, 3.63) is 101 Å². The number of hydrogen-bond donors (Lipinski definition) is 2. The zero-order valence-electron chi connectivity index (χ0n) is 17.0. The third kappa shape index (κ3) is 4.14. The van der Waals surface area contributed by atoms with Crippen LogP contribution in [0.4, 0.5) is 4.79 Å². The number of aliphatic hydroxyl groups excluding tert-OH is 1. The number of aryl methyl sites for hydroxylation is 1. The fourth-order valence-corrected chi connectivity index (χ4v) is 3.99. The molecule has 3 aromatic rings. The summed E-state index contributed by atoms with van der Waals surface area (Å²) in [6.45, 7) is 2.71. The van der Waals surface area contributed by atoms with E-state index in [1.807, 2.05) is 61.5 Å². The highest BCUT2D eigenvalue weighted by Gasteiger charge is 2.28. The molecule has 1 aliphatic carbocycles. The van der Waals surface area contributed by atoms with E-state index in [1.54, 1.807) is 0 Å². The van der Waals surface area contributed by atoms with Gasteiger partial charge in [0.25, 0.3) is 0 Å². The standard InChI is InChI=1S/C26H25NO3/c1-18-15-19(12-13-20(18)16-28)7-6-14-27-26(29)30-17-25-23-10-4-2-8-21(23)22-9-3-5-11-24(22)25/h2-13,15,25,28H,14,16-17H2,1H3,(H,27,29). The Morgan fingerprint density at radius 2 is 1.70 bits per heavy atom. The maximum atomic E-state index is 12.2. The number of nitrogens with one attached hydrogen (secondary N) is 1. The van der Waals surface area contributed by atoms with E-state index in [0.29, 0.717) is 13.2 Å². The number of fused-ring (bicyclic) bond motifs is 3. The maximum absolute atomic E-state index is 12.2. The Bertz CT molecular complexity index is 1040. The molecular weight excluding hydrogens is 374 g/mol. The lowest BCUT2D eigenvalue weighted by atomic mass is 9.98. The third-order valence-electron chi connectivity index (χ3n) is 5.56. The number of alkyl carbamates (subject to hydrolysis) is 1. The molecule has 1 aliphatic rings. The summed E-state index contributed by atoms with van der Waals surface area (Å²) >= 11 is 0. The number of aliphatic hydroxyl groups is 1. The second kappa shape index (κ2) is 8.97. The number of ether oxygens (including phenoxy) is 1. The van der Waals surface area contributed by atoms with E-state index in [0.717, 1.165) is 16.7 Å². The summed E-state index contributed by atoms with van der Waals surface area (Å²) in [5, 5.41) is 12.0. The van der Waals surface area contributed by atoms with Crippen molar-refractivity contribution in [3.63, 3.8) is 0 Å². The minimum Gasteiger partial charge on any atom is -0.449 e. The molecule has 3 aromatic carbocycles. The van der Waals surface area contributed by atoms with Gasteiger partial charge in [-0.05, 0) is 45.9 Å². The first-order valence-corrected chi connectivity index (χ1v) is 10.1. The van der Waals surface area contributed by atoms with Crippen LogP contribution in [0.3, 0.4) is 0 Å². The number of benzene rings is 3. The van der Waals surface area contributed by atoms with Crippen molar-refractivity contribution >= 4 is 12.2 Å². The lowest BCUT2D eigenvalue weighted by molar-refractivity contribution is 0.144. The van der Waals surface area contributed by atoms with Gasteiger partial charge in [-0.25, -0.2) is 4.79 Å². The second-order valence-electron chi connectivity index (χ2n) is 7.45. The van der Waals surface area contributed by atoms with Gasteiger partial charge < -0.3 is 15.2 Å². The van der Waals surface area contributed by atoms with Crippen molar-refractivity contribution in [2.24, 2.45) is 0 Å². The van der Waals surface area contributed by atoms with E-state index in [1.165, 1.54) is 22.3 Å². The molecule has 0 saturated heterocycles. The van der Waals surface area contributed by atoms with E-state index < -0.39 is 6.09 Å². The van der Waals surface area contributed by atoms with Crippen LogP contribution in [0.15, 0.2) is 72.8 Å². The first kappa shape index (κ1) is 19.9. The molecule has 0 fully saturated rings. The van der Waals surface area contributed by atoms with Crippen molar-refractivity contribution in [1.29, 1.82) is 0 Å². The fourth-order valence-electron chi connectivity index (χ4n) is 3.99. The monoisotopic (exact) mass is 399 g/mol. The van der Waals surface area contributed by atoms with Crippen LogP contribution in [0, 0.1) is 6.92 Å². The second-order valence-corrected chi connectivity index (χ2v) is 7.45. The highest BCUT2D eigenvalue weighted by atomic mass is 16.5. The van der Waals surface area contributed by atoms with E-state index in [4.69, 9.17) is 4.74 Å². The van der Waals surface area contributed by atoms with E-state index in [-0.39, 0.29) is 12.5 Å². The van der Waals surface area contributed by atoms with Crippen molar-refractivity contribution in [2.45, 2.75) is 19.4 Å². The summed E-state index contributed by atoms with van der Waals surface area (Å²) in [7, 11) is 0. The van der Waals surface area contributed by atoms with Crippen LogP contribution >= 0.6 is 0 Å². The molecule has 0 spiro atoms. The van der Waals surface area contributed by atoms with Gasteiger partial charge >= 0.3 is 6.09 Å². The molecule has 2 N–H and O–H groups in total. The molecule has 30 heavy (non-hydrogen) atoms. The van der Waals surface area contributed by atoms with Gasteiger partial charge in [-0.15, -0.1) is 0 Å². The molecular formula is C26H25NO3. The Kier molecular flexibility index (Phi) is 5.96. The zero-order chi connectivity index (χ0) is 20.9. The van der Waals surface area contributed by atoms with Gasteiger partial charge in [-0.1, -0.05) is 78.9 Å². The molecule has 0 saturated carbocycles. The fraction of sp³-hybridized carbons (Fsp3) is 0.192. The molecule has 4 heteroatoms. The summed E-state index contributed by atoms with van der Waals surface area (Å²) in [6, 6.07) is 22.4. The highest BCUT2D eigenvalue weighted by molar-refractivity contribution is 5.79. The normalized spacial score (nSPS) is 12.6. The Morgan fingerprint density at radius 1 is 1.03 bits per heavy atom. The summed E-state index contributed by atoms with van der Waals surface area (Å²) < 4.78 is 5.53. The molecule has 0 bridgehead atoms. The van der Waals surface area contributed by atoms with Crippen LogP contribution in [0.5, 0.6) is 0 Å². The van der Waals surface area contributed by atoms with Crippen molar-refractivity contribution in [3.8, 4) is 11.1 Å². The van der Waals surface area contributed by atoms with Gasteiger partial charge in [0.2, 0.25) is 0 Å².